The molecule has 0 aromatic heterocycles. The molecule has 18 heavy (non-hydrogen) atoms. The monoisotopic (exact) mass is 249 g/mol. The molecular weight excluding hydrogens is 222 g/mol. The van der Waals surface area contributed by atoms with Crippen LogP contribution in [-0.4, -0.2) is 13.7 Å². The quantitative estimate of drug-likeness (QED) is 0.696. The molecule has 0 aliphatic heterocycles. The van der Waals surface area contributed by atoms with Crippen LogP contribution in [0.1, 0.15) is 56.7 Å². The van der Waals surface area contributed by atoms with E-state index in [1.807, 2.05) is 0 Å². The Hall–Kier alpha value is -1.02. The van der Waals surface area contributed by atoms with Gasteiger partial charge in [-0.25, -0.2) is 0 Å². The van der Waals surface area contributed by atoms with Crippen molar-refractivity contribution in [3.63, 3.8) is 0 Å². The minimum absolute atomic E-state index is 0.414. The average molecular weight is 249 g/mol. The zero-order valence-corrected chi connectivity index (χ0v) is 12.3. The number of benzene rings is 1. The van der Waals surface area contributed by atoms with E-state index in [1.165, 1.54) is 36.8 Å². The minimum atomic E-state index is 0.414. The molecule has 0 amide bonds. The lowest BCUT2D eigenvalue weighted by Crippen LogP contribution is -2.21. The van der Waals surface area contributed by atoms with Gasteiger partial charge in [0.1, 0.15) is 5.75 Å². The zero-order valence-electron chi connectivity index (χ0n) is 12.3. The van der Waals surface area contributed by atoms with Gasteiger partial charge in [-0.1, -0.05) is 45.2 Å². The summed E-state index contributed by atoms with van der Waals surface area (Å²) in [5.74, 6) is 1.01. The van der Waals surface area contributed by atoms with Gasteiger partial charge in [0.25, 0.3) is 0 Å². The van der Waals surface area contributed by atoms with Gasteiger partial charge in [-0.3, -0.25) is 0 Å². The maximum absolute atomic E-state index is 5.52. The molecule has 0 fully saturated rings. The Kier molecular flexibility index (Phi) is 6.81. The molecule has 0 heterocycles. The van der Waals surface area contributed by atoms with Crippen LogP contribution < -0.4 is 10.1 Å². The Morgan fingerprint density at radius 1 is 1.22 bits per heavy atom. The van der Waals surface area contributed by atoms with E-state index in [2.05, 4.69) is 44.3 Å². The molecular formula is C16H27NO. The highest BCUT2D eigenvalue weighted by atomic mass is 16.5. The first-order valence-corrected chi connectivity index (χ1v) is 7.10. The second-order valence-corrected chi connectivity index (χ2v) is 4.85. The molecule has 1 N–H and O–H groups in total. The fourth-order valence-electron chi connectivity index (χ4n) is 2.32. The molecule has 0 spiro atoms. The number of aryl methyl sites for hydroxylation is 1. The summed E-state index contributed by atoms with van der Waals surface area (Å²) in [4.78, 5) is 0. The predicted molar refractivity (Wildman–Crippen MR) is 78.3 cm³/mol. The van der Waals surface area contributed by atoms with Crippen LogP contribution in [0.2, 0.25) is 0 Å². The lowest BCUT2D eigenvalue weighted by atomic mass is 9.98. The zero-order chi connectivity index (χ0) is 13.4. The van der Waals surface area contributed by atoms with Gasteiger partial charge in [-0.05, 0) is 31.5 Å². The van der Waals surface area contributed by atoms with Crippen molar-refractivity contribution >= 4 is 0 Å². The summed E-state index contributed by atoms with van der Waals surface area (Å²) in [5, 5.41) is 3.57. The lowest BCUT2D eigenvalue weighted by Gasteiger charge is -2.21. The fourth-order valence-corrected chi connectivity index (χ4v) is 2.32. The number of methoxy groups -OCH3 is 1. The highest BCUT2D eigenvalue weighted by Crippen LogP contribution is 2.29. The van der Waals surface area contributed by atoms with Gasteiger partial charge in [0.05, 0.1) is 7.11 Å². The van der Waals surface area contributed by atoms with Crippen LogP contribution in [0.4, 0.5) is 0 Å². The third-order valence-electron chi connectivity index (χ3n) is 3.31. The number of hydrogen-bond acceptors (Lipinski definition) is 2. The van der Waals surface area contributed by atoms with Gasteiger partial charge < -0.3 is 10.1 Å². The van der Waals surface area contributed by atoms with E-state index in [4.69, 9.17) is 4.74 Å². The largest absolute Gasteiger partial charge is 0.496 e. The summed E-state index contributed by atoms with van der Waals surface area (Å²) >= 11 is 0. The molecule has 0 aliphatic carbocycles. The molecule has 0 saturated carbocycles. The molecule has 1 unspecified atom stereocenters. The van der Waals surface area contributed by atoms with Crippen LogP contribution in [0.5, 0.6) is 5.75 Å². The molecule has 1 atom stereocenters. The topological polar surface area (TPSA) is 21.3 Å². The molecule has 1 aromatic carbocycles. The van der Waals surface area contributed by atoms with Crippen molar-refractivity contribution in [2.24, 2.45) is 0 Å². The standard InChI is InChI=1S/C16H27NO/c1-5-7-8-9-15(17-6-2)14-11-10-13(3)12-16(14)18-4/h10-12,15,17H,5-9H2,1-4H3. The SMILES string of the molecule is CCCCCC(NCC)c1ccc(C)cc1OC. The van der Waals surface area contributed by atoms with Crippen molar-refractivity contribution < 1.29 is 4.74 Å². The van der Waals surface area contributed by atoms with Gasteiger partial charge >= 0.3 is 0 Å². The van der Waals surface area contributed by atoms with E-state index >= 15 is 0 Å². The maximum atomic E-state index is 5.52. The van der Waals surface area contributed by atoms with Crippen LogP contribution in [0.25, 0.3) is 0 Å². The van der Waals surface area contributed by atoms with Crippen molar-refractivity contribution in [1.82, 2.24) is 5.32 Å². The smallest absolute Gasteiger partial charge is 0.123 e. The third kappa shape index (κ3) is 4.34. The van der Waals surface area contributed by atoms with Gasteiger partial charge in [0.2, 0.25) is 0 Å². The summed E-state index contributed by atoms with van der Waals surface area (Å²) in [5.41, 5.74) is 2.54. The van der Waals surface area contributed by atoms with Crippen LogP contribution in [-0.2, 0) is 0 Å². The van der Waals surface area contributed by atoms with Gasteiger partial charge in [-0.2, -0.15) is 0 Å². The molecule has 102 valence electrons. The predicted octanol–water partition coefficient (Wildman–Crippen LogP) is 4.23. The van der Waals surface area contributed by atoms with Crippen LogP contribution in [0, 0.1) is 6.92 Å². The van der Waals surface area contributed by atoms with Crippen molar-refractivity contribution in [3.8, 4) is 5.75 Å². The third-order valence-corrected chi connectivity index (χ3v) is 3.31. The Labute approximate surface area is 112 Å². The molecule has 1 aromatic rings. The number of unbranched alkanes of at least 4 members (excludes halogenated alkanes) is 2. The summed E-state index contributed by atoms with van der Waals surface area (Å²) in [7, 11) is 1.76. The maximum Gasteiger partial charge on any atom is 0.123 e. The Bertz CT molecular complexity index is 349. The molecule has 2 heteroatoms. The number of ether oxygens (including phenoxy) is 1. The lowest BCUT2D eigenvalue weighted by molar-refractivity contribution is 0.393. The van der Waals surface area contributed by atoms with Crippen LogP contribution in [0.3, 0.4) is 0 Å². The first-order chi connectivity index (χ1) is 8.72. The first kappa shape index (κ1) is 15.0. The number of rotatable bonds is 8. The van der Waals surface area contributed by atoms with Gasteiger partial charge in [0, 0.05) is 11.6 Å². The van der Waals surface area contributed by atoms with Crippen molar-refractivity contribution in [2.45, 2.75) is 52.5 Å². The summed E-state index contributed by atoms with van der Waals surface area (Å²) < 4.78 is 5.52. The Balaban J connectivity index is 2.83. The van der Waals surface area contributed by atoms with E-state index in [9.17, 15) is 0 Å². The second kappa shape index (κ2) is 8.15. The molecule has 1 rings (SSSR count). The van der Waals surface area contributed by atoms with Crippen LogP contribution in [0.15, 0.2) is 18.2 Å². The van der Waals surface area contributed by atoms with Crippen LogP contribution >= 0.6 is 0 Å². The molecule has 2 nitrogen and oxygen atoms in total. The molecule has 0 radical (unpaired) electrons. The molecule has 0 aliphatic rings. The van der Waals surface area contributed by atoms with Crippen molar-refractivity contribution in [1.29, 1.82) is 0 Å². The van der Waals surface area contributed by atoms with Gasteiger partial charge in [-0.15, -0.1) is 0 Å². The van der Waals surface area contributed by atoms with Crippen molar-refractivity contribution in [3.05, 3.63) is 29.3 Å². The normalized spacial score (nSPS) is 12.4. The van der Waals surface area contributed by atoms with E-state index < -0.39 is 0 Å². The highest BCUT2D eigenvalue weighted by molar-refractivity contribution is 5.39. The Morgan fingerprint density at radius 2 is 2.00 bits per heavy atom. The molecule has 0 saturated heterocycles. The van der Waals surface area contributed by atoms with Gasteiger partial charge in [0.15, 0.2) is 0 Å². The summed E-state index contributed by atoms with van der Waals surface area (Å²) in [6.07, 6.45) is 5.02. The first-order valence-electron chi connectivity index (χ1n) is 7.10. The second-order valence-electron chi connectivity index (χ2n) is 4.85. The number of nitrogens with one attached hydrogen (secondary N) is 1. The van der Waals surface area contributed by atoms with E-state index in [1.54, 1.807) is 7.11 Å². The summed E-state index contributed by atoms with van der Waals surface area (Å²) in [6, 6.07) is 6.91. The van der Waals surface area contributed by atoms with Crippen molar-refractivity contribution in [2.75, 3.05) is 13.7 Å². The summed E-state index contributed by atoms with van der Waals surface area (Å²) in [6.45, 7) is 7.50. The molecule has 0 bridgehead atoms. The highest BCUT2D eigenvalue weighted by Gasteiger charge is 2.14. The van der Waals surface area contributed by atoms with E-state index in [0.29, 0.717) is 6.04 Å². The number of hydrogen-bond donors (Lipinski definition) is 1. The average Bonchev–Trinajstić information content (AvgIpc) is 2.38. The van der Waals surface area contributed by atoms with E-state index in [-0.39, 0.29) is 0 Å². The fraction of sp³-hybridized carbons (Fsp3) is 0.625. The van der Waals surface area contributed by atoms with E-state index in [0.717, 1.165) is 12.3 Å². The minimum Gasteiger partial charge on any atom is -0.496 e. The Morgan fingerprint density at radius 3 is 2.61 bits per heavy atom.